The van der Waals surface area contributed by atoms with Crippen molar-refractivity contribution in [2.45, 2.75) is 61.4 Å². The van der Waals surface area contributed by atoms with Gasteiger partial charge < -0.3 is 59.3 Å². The summed E-state index contributed by atoms with van der Waals surface area (Å²) in [6.07, 6.45) is -9.92. The third kappa shape index (κ3) is 9.15. The fourth-order valence-electron chi connectivity index (χ4n) is 6.78. The van der Waals surface area contributed by atoms with Crippen LogP contribution < -0.4 is 0 Å². The SMILES string of the molecule is [N-]=[N+]=NC1CN2C=Nc3c(ncn3[C@@H]3O[C@H](COP(=O)(O)OP(=O)(O)OP(=O)(O)OP(=O)(O)OC[C@H]4O[C@@H](n5cnc6c5N=CN5CC(N=[N+]=[N-])N=C65)[C@H](O)[C@@H]4O)[C@@H](O)[C@H]3O)C2=N1. The minimum absolute atomic E-state index is 0.0884. The molecule has 63 heavy (non-hydrogen) atoms. The first-order chi connectivity index (χ1) is 29.7. The topological polar surface area (TPSA) is 484 Å². The fraction of sp³-hybridized carbons (Fsp3) is 0.583. The van der Waals surface area contributed by atoms with Crippen LogP contribution in [0.15, 0.2) is 42.9 Å². The van der Waals surface area contributed by atoms with Crippen molar-refractivity contribution in [3.63, 3.8) is 0 Å². The highest BCUT2D eigenvalue weighted by Crippen LogP contribution is 2.71. The number of aliphatic imine (C=N–C) groups is 4. The first kappa shape index (κ1) is 45.2. The van der Waals surface area contributed by atoms with Crippen LogP contribution >= 0.6 is 31.3 Å². The normalized spacial score (nSPS) is 33.1. The van der Waals surface area contributed by atoms with Crippen molar-refractivity contribution in [3.8, 4) is 0 Å². The van der Waals surface area contributed by atoms with Gasteiger partial charge in [-0.3, -0.25) is 28.2 Å². The lowest BCUT2D eigenvalue weighted by molar-refractivity contribution is -0.0513. The van der Waals surface area contributed by atoms with E-state index in [-0.39, 0.29) is 47.8 Å². The van der Waals surface area contributed by atoms with E-state index in [1.54, 1.807) is 9.80 Å². The van der Waals surface area contributed by atoms with Gasteiger partial charge in [-0.2, -0.15) is 12.9 Å². The van der Waals surface area contributed by atoms with E-state index < -0.39 is 106 Å². The molecule has 0 amide bonds. The molecular weight excluding hydrogens is 940 g/mol. The largest absolute Gasteiger partial charge is 0.490 e. The number of hydrogen-bond acceptors (Lipinski definition) is 25. The fourth-order valence-corrected chi connectivity index (χ4v) is 11.7. The lowest BCUT2D eigenvalue weighted by Gasteiger charge is -2.22. The zero-order valence-corrected chi connectivity index (χ0v) is 34.5. The summed E-state index contributed by atoms with van der Waals surface area (Å²) in [6.45, 7) is -1.93. The monoisotopic (exact) mass is 970 g/mol. The summed E-state index contributed by atoms with van der Waals surface area (Å²) in [4.78, 5) is 74.1. The number of aromatic nitrogens is 4. The lowest BCUT2D eigenvalue weighted by Crippen LogP contribution is -2.34. The summed E-state index contributed by atoms with van der Waals surface area (Å²) in [5.41, 5.74) is 17.8. The number of phosphoric ester groups is 2. The van der Waals surface area contributed by atoms with Crippen LogP contribution in [0.1, 0.15) is 23.8 Å². The molecule has 0 aliphatic carbocycles. The van der Waals surface area contributed by atoms with Gasteiger partial charge in [-0.05, 0) is 11.1 Å². The van der Waals surface area contributed by atoms with Crippen molar-refractivity contribution in [2.75, 3.05) is 26.3 Å². The first-order valence-electron chi connectivity index (χ1n) is 17.5. The molecule has 0 saturated carbocycles. The van der Waals surface area contributed by atoms with Gasteiger partial charge in [0.05, 0.1) is 51.6 Å². The highest BCUT2D eigenvalue weighted by Gasteiger charge is 2.51. The van der Waals surface area contributed by atoms with Crippen molar-refractivity contribution < 1.29 is 89.7 Å². The number of phosphoric acid groups is 4. The van der Waals surface area contributed by atoms with Gasteiger partial charge in [-0.25, -0.2) is 38.2 Å². The number of aliphatic hydroxyl groups excluding tert-OH is 4. The molecule has 340 valence electrons. The number of ether oxygens (including phenoxy) is 2. The zero-order chi connectivity index (χ0) is 45.2. The Labute approximate surface area is 348 Å². The number of hydrogen-bond donors (Lipinski definition) is 8. The molecule has 39 heteroatoms. The molecule has 8 heterocycles. The molecule has 8 N–H and O–H groups in total. The van der Waals surface area contributed by atoms with Gasteiger partial charge in [-0.1, -0.05) is 10.2 Å². The molecule has 2 saturated heterocycles. The molecule has 0 bridgehead atoms. The van der Waals surface area contributed by atoms with Gasteiger partial charge in [0, 0.05) is 9.82 Å². The predicted molar refractivity (Wildman–Crippen MR) is 199 cm³/mol. The molecule has 6 unspecified atom stereocenters. The molecule has 2 aromatic heterocycles. The van der Waals surface area contributed by atoms with Crippen molar-refractivity contribution in [3.05, 3.63) is 44.9 Å². The van der Waals surface area contributed by atoms with Gasteiger partial charge in [0.15, 0.2) is 47.2 Å². The molecule has 0 radical (unpaired) electrons. The van der Waals surface area contributed by atoms with E-state index in [2.05, 4.69) is 72.0 Å². The highest BCUT2D eigenvalue weighted by atomic mass is 31.3. The van der Waals surface area contributed by atoms with Crippen LogP contribution in [0.3, 0.4) is 0 Å². The second kappa shape index (κ2) is 16.9. The quantitative estimate of drug-likeness (QED) is 0.0444. The molecule has 6 aliphatic rings. The number of nitrogens with zero attached hydrogens (tertiary/aromatic N) is 16. The average Bonchev–Trinajstić information content (AvgIpc) is 4.04. The zero-order valence-electron chi connectivity index (χ0n) is 30.9. The molecule has 2 fully saturated rings. The number of azide groups is 2. The summed E-state index contributed by atoms with van der Waals surface area (Å²) < 4.78 is 84.7. The molecule has 35 nitrogen and oxygen atoms in total. The predicted octanol–water partition coefficient (Wildman–Crippen LogP) is -0.753. The minimum atomic E-state index is -6.25. The Morgan fingerprint density at radius 2 is 1.03 bits per heavy atom. The maximum Gasteiger partial charge on any atom is 0.490 e. The van der Waals surface area contributed by atoms with Crippen molar-refractivity contribution in [2.24, 2.45) is 30.2 Å². The van der Waals surface area contributed by atoms with Crippen LogP contribution in [0.25, 0.3) is 20.9 Å². The average molecular weight is 970 g/mol. The van der Waals surface area contributed by atoms with E-state index in [4.69, 9.17) is 20.5 Å². The number of amidine groups is 2. The van der Waals surface area contributed by atoms with Gasteiger partial charge >= 0.3 is 31.3 Å². The Bertz CT molecular complexity index is 2420. The van der Waals surface area contributed by atoms with Crippen molar-refractivity contribution in [1.29, 1.82) is 0 Å². The third-order valence-corrected chi connectivity index (χ3v) is 15.3. The van der Waals surface area contributed by atoms with Crippen LogP contribution in [0.2, 0.25) is 0 Å². The van der Waals surface area contributed by atoms with E-state index >= 15 is 0 Å². The maximum atomic E-state index is 12.6. The highest BCUT2D eigenvalue weighted by molar-refractivity contribution is 7.69. The molecule has 0 aromatic carbocycles. The van der Waals surface area contributed by atoms with E-state index in [1.807, 2.05) is 0 Å². The minimum Gasteiger partial charge on any atom is -0.387 e. The second-order valence-electron chi connectivity index (χ2n) is 13.5. The molecule has 14 atom stereocenters. The molecular formula is C24H30N16O19P4. The summed E-state index contributed by atoms with van der Waals surface area (Å²) in [5, 5.41) is 49.7. The lowest BCUT2D eigenvalue weighted by atomic mass is 10.1. The van der Waals surface area contributed by atoms with E-state index in [1.165, 1.54) is 34.5 Å². The molecule has 6 aliphatic heterocycles. The number of fused-ring (bicyclic) bond motifs is 6. The Hall–Kier alpha value is -4.36. The Morgan fingerprint density at radius 1 is 0.651 bits per heavy atom. The van der Waals surface area contributed by atoms with Crippen LogP contribution in [-0.2, 0) is 49.7 Å². The first-order valence-corrected chi connectivity index (χ1v) is 23.4. The van der Waals surface area contributed by atoms with Gasteiger partial charge in [0.2, 0.25) is 0 Å². The Balaban J connectivity index is 0.833. The van der Waals surface area contributed by atoms with Crippen molar-refractivity contribution in [1.82, 2.24) is 28.9 Å². The summed E-state index contributed by atoms with van der Waals surface area (Å²) in [6, 6.07) is 0. The van der Waals surface area contributed by atoms with Crippen LogP contribution in [0.4, 0.5) is 11.6 Å². The molecule has 2 aromatic rings. The number of rotatable bonds is 16. The Kier molecular flexibility index (Phi) is 12.1. The van der Waals surface area contributed by atoms with Crippen LogP contribution in [-0.4, -0.2) is 169 Å². The van der Waals surface area contributed by atoms with E-state index in [0.717, 1.165) is 0 Å². The maximum absolute atomic E-state index is 12.6. The number of imidazole rings is 2. The summed E-state index contributed by atoms with van der Waals surface area (Å²) >= 11 is 0. The number of aliphatic hydroxyl groups is 4. The van der Waals surface area contributed by atoms with Crippen LogP contribution in [0.5, 0.6) is 0 Å². The summed E-state index contributed by atoms with van der Waals surface area (Å²) in [7, 11) is -24.1. The smallest absolute Gasteiger partial charge is 0.387 e. The van der Waals surface area contributed by atoms with E-state index in [0.29, 0.717) is 0 Å². The van der Waals surface area contributed by atoms with Gasteiger partial charge in [0.1, 0.15) is 49.0 Å². The van der Waals surface area contributed by atoms with Crippen molar-refractivity contribution >= 4 is 67.3 Å². The summed E-state index contributed by atoms with van der Waals surface area (Å²) in [5.74, 6) is 0.737. The molecule has 0 spiro atoms. The standard InChI is InChI=1S/C24H30N16O19P4/c25-35-33-11-1-37-5-29-19-13(21(37)31-11)27-7-39(19)23-17(43)15(41)9(55-23)3-53-60(45,46)57-62(49,50)59-63(51,52)58-61(47,48)54-4-10-16(42)18(44)24(56-10)40-8-28-14-20(40)30-6-38-2-12(34-36-26)32-22(14)38/h5-12,15-18,23-24,41-44H,1-4H2,(H,45,46)(H,47,48)(H,49,50)(H,51,52)/t9-,10-,11?,12?,15-,16-,17-,18-,23-,24-/m1/s1. The van der Waals surface area contributed by atoms with Crippen LogP contribution in [0, 0.1) is 0 Å². The second-order valence-corrected chi connectivity index (χ2v) is 19.7. The van der Waals surface area contributed by atoms with Gasteiger partial charge in [0.25, 0.3) is 0 Å². The van der Waals surface area contributed by atoms with Gasteiger partial charge in [-0.15, -0.1) is 0 Å². The Morgan fingerprint density at radius 3 is 1.41 bits per heavy atom. The van der Waals surface area contributed by atoms with E-state index in [9.17, 15) is 58.3 Å². The molecule has 8 rings (SSSR count). The third-order valence-electron chi connectivity index (χ3n) is 9.42.